The number of benzene rings is 2. The van der Waals surface area contributed by atoms with E-state index in [0.717, 1.165) is 6.42 Å². The van der Waals surface area contributed by atoms with Crippen LogP contribution in [0.3, 0.4) is 0 Å². The van der Waals surface area contributed by atoms with Crippen molar-refractivity contribution in [2.45, 2.75) is 73.5 Å². The third-order valence-corrected chi connectivity index (χ3v) is 11.8. The van der Waals surface area contributed by atoms with Crippen molar-refractivity contribution >= 4 is 38.0 Å². The van der Waals surface area contributed by atoms with E-state index in [1.165, 1.54) is 27.8 Å². The van der Waals surface area contributed by atoms with E-state index in [1.54, 1.807) is 16.7 Å². The minimum absolute atomic E-state index is 0. The number of rotatable bonds is 2. The van der Waals surface area contributed by atoms with Gasteiger partial charge in [-0.15, -0.1) is 24.8 Å². The molecule has 1 unspecified atom stereocenters. The molecule has 0 N–H and O–H groups in total. The number of hydrogen-bond acceptors (Lipinski definition) is 0. The molecule has 0 nitrogen and oxygen atoms in total. The summed E-state index contributed by atoms with van der Waals surface area (Å²) in [7, 11) is 2.35. The Morgan fingerprint density at radius 3 is 2.00 bits per heavy atom. The second-order valence-corrected chi connectivity index (χ2v) is 26.6. The molecular weight excluding hydrogens is 483 g/mol. The van der Waals surface area contributed by atoms with Gasteiger partial charge in [-0.05, 0) is 0 Å². The van der Waals surface area contributed by atoms with Crippen LogP contribution < -0.4 is 0 Å². The smallest absolute Gasteiger partial charge is 0.147 e. The van der Waals surface area contributed by atoms with E-state index in [9.17, 15) is 0 Å². The Kier molecular flexibility index (Phi) is 7.98. The van der Waals surface area contributed by atoms with Crippen molar-refractivity contribution in [3.63, 3.8) is 0 Å². The normalized spacial score (nSPS) is 17.2. The van der Waals surface area contributed by atoms with E-state index in [-0.39, 0.29) is 35.6 Å². The van der Waals surface area contributed by atoms with E-state index in [4.69, 9.17) is 0 Å². The molecular formula is C28H39Cl2SiTi. The zero-order valence-corrected chi connectivity index (χ0v) is 25.5. The Hall–Kier alpha value is -0.569. The minimum Gasteiger partial charge on any atom is -0.147 e. The Morgan fingerprint density at radius 1 is 0.875 bits per heavy atom. The maximum Gasteiger partial charge on any atom is -0.147 e. The van der Waals surface area contributed by atoms with Gasteiger partial charge in [0.2, 0.25) is 0 Å². The molecule has 173 valence electrons. The van der Waals surface area contributed by atoms with Crippen molar-refractivity contribution in [3.05, 3.63) is 76.4 Å². The zero-order chi connectivity index (χ0) is 22.1. The third kappa shape index (κ3) is 4.80. The molecule has 2 aromatic carbocycles. The van der Waals surface area contributed by atoms with Crippen LogP contribution in [0.15, 0.2) is 48.6 Å². The second kappa shape index (κ2) is 9.23. The molecule has 0 fully saturated rings. The molecule has 0 spiro atoms. The third-order valence-electron chi connectivity index (χ3n) is 6.73. The van der Waals surface area contributed by atoms with Gasteiger partial charge >= 0.3 is 190 Å². The molecule has 0 heterocycles. The van der Waals surface area contributed by atoms with Crippen LogP contribution in [0.1, 0.15) is 80.0 Å². The minimum atomic E-state index is -2.08. The van der Waals surface area contributed by atoms with Gasteiger partial charge in [0.15, 0.2) is 0 Å². The summed E-state index contributed by atoms with van der Waals surface area (Å²) in [5.41, 5.74) is 12.6. The average molecular weight is 522 g/mol. The Balaban J connectivity index is 0.00000181. The molecule has 0 saturated carbocycles. The van der Waals surface area contributed by atoms with E-state index in [1.807, 2.05) is 0 Å². The molecule has 0 bridgehead atoms. The first kappa shape index (κ1) is 27.7. The average Bonchev–Trinajstić information content (AvgIpc) is 3.24. The van der Waals surface area contributed by atoms with Gasteiger partial charge in [0.05, 0.1) is 0 Å². The van der Waals surface area contributed by atoms with Gasteiger partial charge in [-0.1, -0.05) is 0 Å². The topological polar surface area (TPSA) is 0 Å². The fraction of sp³-hybridized carbons (Fsp3) is 0.429. The van der Waals surface area contributed by atoms with Crippen LogP contribution in [0.4, 0.5) is 0 Å². The van der Waals surface area contributed by atoms with Crippen molar-refractivity contribution in [2.75, 3.05) is 0 Å². The van der Waals surface area contributed by atoms with Gasteiger partial charge in [-0.25, -0.2) is 0 Å². The molecule has 0 amide bonds. The predicted molar refractivity (Wildman–Crippen MR) is 148 cm³/mol. The molecule has 0 saturated heterocycles. The van der Waals surface area contributed by atoms with Crippen molar-refractivity contribution in [2.24, 2.45) is 0 Å². The molecule has 32 heavy (non-hydrogen) atoms. The Morgan fingerprint density at radius 2 is 1.50 bits per heavy atom. The monoisotopic (exact) mass is 521 g/mol. The van der Waals surface area contributed by atoms with Gasteiger partial charge < -0.3 is 0 Å². The van der Waals surface area contributed by atoms with Crippen LogP contribution in [0.2, 0.25) is 10.5 Å². The van der Waals surface area contributed by atoms with Gasteiger partial charge in [0.1, 0.15) is 0 Å². The zero-order valence-electron chi connectivity index (χ0n) is 20.9. The van der Waals surface area contributed by atoms with Crippen molar-refractivity contribution in [3.8, 4) is 11.1 Å². The summed E-state index contributed by atoms with van der Waals surface area (Å²) in [4.78, 5) is 0. The second-order valence-electron chi connectivity index (χ2n) is 12.0. The maximum absolute atomic E-state index is 2.61. The SMILES string of the molecule is CC(C)(C)c1ccc2c(c1)[CH]([Ti]([CH3])([CH3])=[SiH2])c1c-2ccc(C(C)(C)C)c1C1=CC=CC1.Cl.Cl. The first-order valence-corrected chi connectivity index (χ1v) is 19.4. The van der Waals surface area contributed by atoms with Crippen LogP contribution in [-0.2, 0) is 26.2 Å². The van der Waals surface area contributed by atoms with Gasteiger partial charge in [-0.2, -0.15) is 0 Å². The molecule has 1 atom stereocenters. The molecule has 0 aliphatic heterocycles. The molecule has 4 heteroatoms. The number of fused-ring (bicyclic) bond motifs is 3. The van der Waals surface area contributed by atoms with Crippen molar-refractivity contribution in [1.82, 2.24) is 0 Å². The molecule has 2 aliphatic carbocycles. The van der Waals surface area contributed by atoms with Crippen molar-refractivity contribution < 1.29 is 15.3 Å². The van der Waals surface area contributed by atoms with E-state index >= 15 is 0 Å². The molecule has 0 aromatic heterocycles. The van der Waals surface area contributed by atoms with Crippen LogP contribution in [0.25, 0.3) is 16.7 Å². The quantitative estimate of drug-likeness (QED) is 0.348. The van der Waals surface area contributed by atoms with Gasteiger partial charge in [0.25, 0.3) is 0 Å². The number of hydrogen-bond donors (Lipinski definition) is 0. The molecule has 2 aliphatic rings. The van der Waals surface area contributed by atoms with Crippen LogP contribution in [0, 0.1) is 0 Å². The first-order chi connectivity index (χ1) is 13.8. The van der Waals surface area contributed by atoms with E-state index < -0.39 is 15.3 Å². The van der Waals surface area contributed by atoms with Crippen molar-refractivity contribution in [1.29, 1.82) is 0 Å². The summed E-state index contributed by atoms with van der Waals surface area (Å²) in [6.45, 7) is 14.1. The summed E-state index contributed by atoms with van der Waals surface area (Å²) in [6.07, 6.45) is 7.99. The summed E-state index contributed by atoms with van der Waals surface area (Å²) in [5.74, 6) is 0. The molecule has 4 rings (SSSR count). The molecule has 2 aromatic rings. The fourth-order valence-electron chi connectivity index (χ4n) is 5.24. The summed E-state index contributed by atoms with van der Waals surface area (Å²) in [6, 6.07) is 12.2. The van der Waals surface area contributed by atoms with Gasteiger partial charge in [-0.3, -0.25) is 0 Å². The van der Waals surface area contributed by atoms with Crippen LogP contribution in [-0.4, -0.2) is 7.63 Å². The van der Waals surface area contributed by atoms with E-state index in [2.05, 4.69) is 108 Å². The Bertz CT molecular complexity index is 1140. The maximum atomic E-state index is 2.61. The Labute approximate surface area is 213 Å². The van der Waals surface area contributed by atoms with Crippen LogP contribution in [0.5, 0.6) is 0 Å². The summed E-state index contributed by atoms with van der Waals surface area (Å²) < 4.78 is 0.606. The molecule has 0 radical (unpaired) electrons. The first-order valence-electron chi connectivity index (χ1n) is 11.3. The van der Waals surface area contributed by atoms with Gasteiger partial charge in [0, 0.05) is 0 Å². The van der Waals surface area contributed by atoms with Crippen LogP contribution >= 0.6 is 24.8 Å². The summed E-state index contributed by atoms with van der Waals surface area (Å²) in [5, 5.41) is 5.22. The largest absolute Gasteiger partial charge is 0.147 e. The standard InChI is InChI=1S/C26H29.2CH3.2ClH.H2Si.Ti/c1-25(2,3)19-11-12-20-18(15-19)16-22-21(20)13-14-23(26(4,5)6)24(22)17-9-7-8-10-17;;;;;;/h7-9,11-16H,10H2,1-6H3;2*1H3;2*1H;1H2;. The number of halogens is 2. The number of allylic oxidation sites excluding steroid dienone is 4. The fourth-order valence-corrected chi connectivity index (χ4v) is 10.4. The predicted octanol–water partition coefficient (Wildman–Crippen LogP) is 8.34. The summed E-state index contributed by atoms with van der Waals surface area (Å²) >= 11 is -2.08. The van der Waals surface area contributed by atoms with E-state index in [0.29, 0.717) is 4.22 Å².